The second-order valence-corrected chi connectivity index (χ2v) is 10.0. The van der Waals surface area contributed by atoms with Gasteiger partial charge in [0.25, 0.3) is 0 Å². The van der Waals surface area contributed by atoms with Gasteiger partial charge in [0.15, 0.2) is 0 Å². The van der Waals surface area contributed by atoms with Crippen molar-refractivity contribution in [2.45, 2.75) is 84.5 Å². The van der Waals surface area contributed by atoms with Gasteiger partial charge < -0.3 is 15.1 Å². The molecule has 2 fully saturated rings. The SMILES string of the molecule is CCC(C)NC(=O)N1CCN(C(=O)C2CN(C(C)(C)C)CCC(C)(C)N2)CC1. The molecule has 28 heavy (non-hydrogen) atoms. The van der Waals surface area contributed by atoms with Gasteiger partial charge in [0, 0.05) is 56.4 Å². The van der Waals surface area contributed by atoms with E-state index in [1.54, 1.807) is 0 Å². The Hall–Kier alpha value is -1.34. The van der Waals surface area contributed by atoms with Gasteiger partial charge in [-0.15, -0.1) is 0 Å². The van der Waals surface area contributed by atoms with Gasteiger partial charge in [-0.05, 0) is 54.4 Å². The first-order valence-electron chi connectivity index (χ1n) is 10.8. The largest absolute Gasteiger partial charge is 0.338 e. The molecule has 7 nitrogen and oxygen atoms in total. The van der Waals surface area contributed by atoms with E-state index in [4.69, 9.17) is 0 Å². The highest BCUT2D eigenvalue weighted by atomic mass is 16.2. The predicted molar refractivity (Wildman–Crippen MR) is 113 cm³/mol. The topological polar surface area (TPSA) is 67.9 Å². The first-order valence-corrected chi connectivity index (χ1v) is 10.8. The summed E-state index contributed by atoms with van der Waals surface area (Å²) < 4.78 is 0. The highest BCUT2D eigenvalue weighted by molar-refractivity contribution is 5.83. The van der Waals surface area contributed by atoms with Gasteiger partial charge in [0.2, 0.25) is 5.91 Å². The second-order valence-electron chi connectivity index (χ2n) is 10.0. The number of rotatable bonds is 3. The lowest BCUT2D eigenvalue weighted by molar-refractivity contribution is -0.135. The first-order chi connectivity index (χ1) is 12.9. The lowest BCUT2D eigenvalue weighted by atomic mass is 9.99. The Bertz CT molecular complexity index is 549. The zero-order valence-electron chi connectivity index (χ0n) is 19.0. The third kappa shape index (κ3) is 6.08. The van der Waals surface area contributed by atoms with E-state index in [0.717, 1.165) is 25.9 Å². The molecule has 0 aromatic carbocycles. The molecule has 2 aliphatic heterocycles. The number of carbonyl (C=O) groups is 2. The number of piperazine rings is 1. The monoisotopic (exact) mass is 395 g/mol. The minimum Gasteiger partial charge on any atom is -0.338 e. The van der Waals surface area contributed by atoms with Crippen LogP contribution in [0, 0.1) is 0 Å². The molecule has 0 spiro atoms. The van der Waals surface area contributed by atoms with Crippen molar-refractivity contribution in [2.24, 2.45) is 0 Å². The molecule has 0 aliphatic carbocycles. The van der Waals surface area contributed by atoms with Gasteiger partial charge in [0.1, 0.15) is 6.04 Å². The second kappa shape index (κ2) is 8.99. The zero-order chi connectivity index (χ0) is 21.1. The maximum Gasteiger partial charge on any atom is 0.317 e. The summed E-state index contributed by atoms with van der Waals surface area (Å²) in [5, 5.41) is 6.61. The van der Waals surface area contributed by atoms with Crippen LogP contribution in [0.4, 0.5) is 4.79 Å². The van der Waals surface area contributed by atoms with Gasteiger partial charge in [-0.2, -0.15) is 0 Å². The fourth-order valence-corrected chi connectivity index (χ4v) is 3.82. The molecule has 2 atom stereocenters. The van der Waals surface area contributed by atoms with Gasteiger partial charge in [-0.3, -0.25) is 15.0 Å². The van der Waals surface area contributed by atoms with Gasteiger partial charge in [0.05, 0.1) is 0 Å². The molecule has 0 radical (unpaired) electrons. The zero-order valence-corrected chi connectivity index (χ0v) is 19.0. The number of nitrogens with zero attached hydrogens (tertiary/aromatic N) is 3. The first kappa shape index (κ1) is 22.9. The van der Waals surface area contributed by atoms with E-state index in [-0.39, 0.29) is 35.1 Å². The molecular weight excluding hydrogens is 354 g/mol. The Balaban J connectivity index is 1.98. The minimum atomic E-state index is -0.211. The summed E-state index contributed by atoms with van der Waals surface area (Å²) in [4.78, 5) is 31.8. The number of hydrogen-bond acceptors (Lipinski definition) is 4. The quantitative estimate of drug-likeness (QED) is 0.766. The number of nitrogens with one attached hydrogen (secondary N) is 2. The Morgan fingerprint density at radius 1 is 1.11 bits per heavy atom. The Morgan fingerprint density at radius 2 is 1.68 bits per heavy atom. The van der Waals surface area contributed by atoms with Crippen molar-refractivity contribution in [2.75, 3.05) is 39.3 Å². The van der Waals surface area contributed by atoms with Crippen molar-refractivity contribution >= 4 is 11.9 Å². The van der Waals surface area contributed by atoms with E-state index in [9.17, 15) is 9.59 Å². The van der Waals surface area contributed by atoms with E-state index < -0.39 is 0 Å². The van der Waals surface area contributed by atoms with Crippen molar-refractivity contribution in [3.05, 3.63) is 0 Å². The number of urea groups is 1. The summed E-state index contributed by atoms with van der Waals surface area (Å²) in [6.45, 7) is 19.1. The highest BCUT2D eigenvalue weighted by Crippen LogP contribution is 2.23. The molecule has 0 bridgehead atoms. The number of amides is 3. The highest BCUT2D eigenvalue weighted by Gasteiger charge is 2.38. The third-order valence-corrected chi connectivity index (χ3v) is 6.08. The smallest absolute Gasteiger partial charge is 0.317 e. The molecule has 7 heteroatoms. The van der Waals surface area contributed by atoms with E-state index in [0.29, 0.717) is 26.2 Å². The number of carbonyl (C=O) groups excluding carboxylic acids is 2. The molecule has 0 saturated carbocycles. The van der Waals surface area contributed by atoms with Crippen LogP contribution in [-0.4, -0.2) is 89.1 Å². The van der Waals surface area contributed by atoms with Crippen LogP contribution in [0.25, 0.3) is 0 Å². The molecule has 0 aromatic rings. The summed E-state index contributed by atoms with van der Waals surface area (Å²) in [5.41, 5.74) is -0.0360. The molecule has 2 aliphatic rings. The third-order valence-electron chi connectivity index (χ3n) is 6.08. The van der Waals surface area contributed by atoms with Crippen LogP contribution in [0.5, 0.6) is 0 Å². The van der Waals surface area contributed by atoms with Crippen molar-refractivity contribution in [1.29, 1.82) is 0 Å². The van der Waals surface area contributed by atoms with Crippen molar-refractivity contribution < 1.29 is 9.59 Å². The maximum absolute atomic E-state index is 13.3. The van der Waals surface area contributed by atoms with Crippen LogP contribution in [-0.2, 0) is 4.79 Å². The standard InChI is InChI=1S/C21H41N5O2/c1-8-16(2)22-19(28)25-13-11-24(12-14-25)18(27)17-15-26(20(3,4)5)10-9-21(6,7)23-17/h16-17,23H,8-15H2,1-7H3,(H,22,28). The van der Waals surface area contributed by atoms with Crippen LogP contribution < -0.4 is 10.6 Å². The molecule has 0 aromatic heterocycles. The predicted octanol–water partition coefficient (Wildman–Crippen LogP) is 1.88. The van der Waals surface area contributed by atoms with Gasteiger partial charge in [-0.25, -0.2) is 4.79 Å². The minimum absolute atomic E-state index is 0.0194. The van der Waals surface area contributed by atoms with Crippen LogP contribution >= 0.6 is 0 Å². The fraction of sp³-hybridized carbons (Fsp3) is 0.905. The summed E-state index contributed by atoms with van der Waals surface area (Å²) in [7, 11) is 0. The van der Waals surface area contributed by atoms with Gasteiger partial charge >= 0.3 is 6.03 Å². The summed E-state index contributed by atoms with van der Waals surface area (Å²) in [6, 6.07) is -0.0562. The van der Waals surface area contributed by atoms with E-state index in [1.807, 2.05) is 16.7 Å². The Morgan fingerprint density at radius 3 is 2.21 bits per heavy atom. The Kier molecular flexibility index (Phi) is 7.37. The molecule has 162 valence electrons. The molecule has 3 amide bonds. The van der Waals surface area contributed by atoms with Crippen LogP contribution in [0.3, 0.4) is 0 Å². The maximum atomic E-state index is 13.3. The van der Waals surface area contributed by atoms with Crippen molar-refractivity contribution in [3.8, 4) is 0 Å². The number of hydrogen-bond donors (Lipinski definition) is 2. The average molecular weight is 396 g/mol. The molecule has 2 rings (SSSR count). The van der Waals surface area contributed by atoms with E-state index in [2.05, 4.69) is 57.1 Å². The van der Waals surface area contributed by atoms with Crippen LogP contribution in [0.2, 0.25) is 0 Å². The molecule has 2 unspecified atom stereocenters. The lowest BCUT2D eigenvalue weighted by Gasteiger charge is -2.39. The molecule has 2 N–H and O–H groups in total. The lowest BCUT2D eigenvalue weighted by Crippen LogP contribution is -2.60. The normalized spacial score (nSPS) is 25.2. The van der Waals surface area contributed by atoms with Crippen LogP contribution in [0.15, 0.2) is 0 Å². The van der Waals surface area contributed by atoms with Crippen LogP contribution in [0.1, 0.15) is 61.3 Å². The van der Waals surface area contributed by atoms with Crippen molar-refractivity contribution in [3.63, 3.8) is 0 Å². The molecule has 2 saturated heterocycles. The molecule has 2 heterocycles. The van der Waals surface area contributed by atoms with E-state index >= 15 is 0 Å². The Labute approximate surface area is 171 Å². The summed E-state index contributed by atoms with van der Waals surface area (Å²) in [6.07, 6.45) is 1.93. The summed E-state index contributed by atoms with van der Waals surface area (Å²) >= 11 is 0. The van der Waals surface area contributed by atoms with Gasteiger partial charge in [-0.1, -0.05) is 6.92 Å². The fourth-order valence-electron chi connectivity index (χ4n) is 3.82. The average Bonchev–Trinajstić information content (AvgIpc) is 2.79. The molecular formula is C21H41N5O2. The van der Waals surface area contributed by atoms with Crippen molar-refractivity contribution in [1.82, 2.24) is 25.3 Å². The van der Waals surface area contributed by atoms with E-state index in [1.165, 1.54) is 0 Å². The summed E-state index contributed by atoms with van der Waals surface area (Å²) in [5.74, 6) is 0.159.